The first-order valence-electron chi connectivity index (χ1n) is 8.88. The lowest BCUT2D eigenvalue weighted by Gasteiger charge is -2.19. The number of hydrogen-bond acceptors (Lipinski definition) is 3. The average molecular weight is 323 g/mol. The SMILES string of the molecule is CC.CC.CC(C)(C)O.CC1CCC=C(c2ccncc2N)C1. The molecule has 3 N–H and O–H groups in total. The Kier molecular flexibility index (Phi) is 13.6. The second-order valence-corrected chi connectivity index (χ2v) is 6.25. The lowest BCUT2D eigenvalue weighted by molar-refractivity contribution is 0.102. The molecule has 0 bridgehead atoms. The molecule has 0 aromatic carbocycles. The van der Waals surface area contributed by atoms with Gasteiger partial charge in [-0.2, -0.15) is 0 Å². The fraction of sp³-hybridized carbons (Fsp3) is 0.650. The number of nitrogen functional groups attached to an aromatic ring is 1. The highest BCUT2D eigenvalue weighted by Crippen LogP contribution is 2.32. The van der Waals surface area contributed by atoms with E-state index < -0.39 is 5.60 Å². The Morgan fingerprint density at radius 1 is 1.17 bits per heavy atom. The highest BCUT2D eigenvalue weighted by atomic mass is 16.3. The number of anilines is 1. The van der Waals surface area contributed by atoms with Crippen molar-refractivity contribution in [2.24, 2.45) is 5.92 Å². The number of aliphatic hydroxyl groups is 1. The summed E-state index contributed by atoms with van der Waals surface area (Å²) < 4.78 is 0. The van der Waals surface area contributed by atoms with Gasteiger partial charge in [-0.25, -0.2) is 0 Å². The Morgan fingerprint density at radius 2 is 1.70 bits per heavy atom. The highest BCUT2D eigenvalue weighted by Gasteiger charge is 2.13. The van der Waals surface area contributed by atoms with Crippen LogP contribution >= 0.6 is 0 Å². The minimum atomic E-state index is -0.500. The molecule has 2 rings (SSSR count). The highest BCUT2D eigenvalue weighted by molar-refractivity contribution is 5.74. The van der Waals surface area contributed by atoms with Crippen molar-refractivity contribution in [2.45, 2.75) is 80.3 Å². The third kappa shape index (κ3) is 12.8. The molecule has 134 valence electrons. The first-order chi connectivity index (χ1) is 10.8. The Bertz CT molecular complexity index is 428. The standard InChI is InChI=1S/C12H16N2.C4H10O.2C2H6/c1-9-3-2-4-10(7-9)11-5-6-14-8-12(11)13;1-4(2,3)5;2*1-2/h4-6,8-9H,2-3,7,13H2,1H3;5H,1-3H3;2*1-2H3. The molecule has 3 heteroatoms. The number of hydrogen-bond donors (Lipinski definition) is 2. The zero-order valence-corrected chi connectivity index (χ0v) is 16.5. The van der Waals surface area contributed by atoms with Crippen LogP contribution in [-0.4, -0.2) is 15.7 Å². The number of rotatable bonds is 1. The minimum absolute atomic E-state index is 0.500. The van der Waals surface area contributed by atoms with Gasteiger partial charge in [-0.05, 0) is 57.6 Å². The minimum Gasteiger partial charge on any atom is -0.397 e. The van der Waals surface area contributed by atoms with Crippen molar-refractivity contribution in [1.29, 1.82) is 0 Å². The molecule has 0 aliphatic heterocycles. The van der Waals surface area contributed by atoms with Crippen molar-refractivity contribution in [3.8, 4) is 0 Å². The lowest BCUT2D eigenvalue weighted by Crippen LogP contribution is -2.10. The van der Waals surface area contributed by atoms with Crippen LogP contribution in [0.1, 0.15) is 80.2 Å². The molecular weight excluding hydrogens is 284 g/mol. The van der Waals surface area contributed by atoms with Gasteiger partial charge in [-0.3, -0.25) is 4.98 Å². The first-order valence-corrected chi connectivity index (χ1v) is 8.88. The Hall–Kier alpha value is -1.35. The van der Waals surface area contributed by atoms with Gasteiger partial charge in [0.1, 0.15) is 0 Å². The Balaban J connectivity index is 0. The molecule has 0 fully saturated rings. The van der Waals surface area contributed by atoms with Crippen LogP contribution in [0.3, 0.4) is 0 Å². The van der Waals surface area contributed by atoms with E-state index in [2.05, 4.69) is 18.0 Å². The zero-order chi connectivity index (χ0) is 18.5. The molecule has 1 heterocycles. The van der Waals surface area contributed by atoms with E-state index in [-0.39, 0.29) is 0 Å². The summed E-state index contributed by atoms with van der Waals surface area (Å²) in [5.74, 6) is 0.780. The van der Waals surface area contributed by atoms with Crippen LogP contribution in [0.15, 0.2) is 24.5 Å². The third-order valence-electron chi connectivity index (χ3n) is 2.82. The summed E-state index contributed by atoms with van der Waals surface area (Å²) in [6, 6.07) is 2.01. The molecule has 1 unspecified atom stereocenters. The van der Waals surface area contributed by atoms with Crippen LogP contribution in [0.5, 0.6) is 0 Å². The zero-order valence-electron chi connectivity index (χ0n) is 16.5. The second-order valence-electron chi connectivity index (χ2n) is 6.25. The quantitative estimate of drug-likeness (QED) is 0.697. The van der Waals surface area contributed by atoms with Gasteiger partial charge < -0.3 is 10.8 Å². The van der Waals surface area contributed by atoms with Crippen LogP contribution in [-0.2, 0) is 0 Å². The van der Waals surface area contributed by atoms with Crippen molar-refractivity contribution in [2.75, 3.05) is 5.73 Å². The van der Waals surface area contributed by atoms with Gasteiger partial charge in [-0.15, -0.1) is 0 Å². The van der Waals surface area contributed by atoms with Crippen LogP contribution in [0.2, 0.25) is 0 Å². The van der Waals surface area contributed by atoms with Crippen molar-refractivity contribution < 1.29 is 5.11 Å². The summed E-state index contributed by atoms with van der Waals surface area (Å²) in [5, 5.41) is 8.52. The fourth-order valence-electron chi connectivity index (χ4n) is 2.02. The van der Waals surface area contributed by atoms with E-state index in [9.17, 15) is 0 Å². The van der Waals surface area contributed by atoms with Crippen molar-refractivity contribution in [3.63, 3.8) is 0 Å². The predicted octanol–water partition coefficient (Wildman–Crippen LogP) is 5.70. The van der Waals surface area contributed by atoms with Crippen molar-refractivity contribution in [3.05, 3.63) is 30.1 Å². The molecule has 1 aromatic rings. The molecule has 3 nitrogen and oxygen atoms in total. The van der Waals surface area contributed by atoms with E-state index in [0.717, 1.165) is 18.0 Å². The molecule has 1 aromatic heterocycles. The molecule has 0 spiro atoms. The fourth-order valence-corrected chi connectivity index (χ4v) is 2.02. The van der Waals surface area contributed by atoms with Crippen LogP contribution in [0, 0.1) is 5.92 Å². The number of nitrogens with zero attached hydrogens (tertiary/aromatic N) is 1. The summed E-state index contributed by atoms with van der Waals surface area (Å²) >= 11 is 0. The van der Waals surface area contributed by atoms with Crippen molar-refractivity contribution in [1.82, 2.24) is 4.98 Å². The van der Waals surface area contributed by atoms with Gasteiger partial charge >= 0.3 is 0 Å². The maximum atomic E-state index is 8.52. The topological polar surface area (TPSA) is 59.1 Å². The van der Waals surface area contributed by atoms with Gasteiger partial charge in [0.05, 0.1) is 17.5 Å². The molecular formula is C20H38N2O. The molecule has 1 atom stereocenters. The number of allylic oxidation sites excluding steroid dienone is 2. The summed E-state index contributed by atoms with van der Waals surface area (Å²) in [6.45, 7) is 15.5. The summed E-state index contributed by atoms with van der Waals surface area (Å²) in [6.07, 6.45) is 9.48. The van der Waals surface area contributed by atoms with E-state index in [4.69, 9.17) is 10.8 Å². The summed E-state index contributed by atoms with van der Waals surface area (Å²) in [5.41, 5.74) is 8.76. The Labute approximate surface area is 144 Å². The monoisotopic (exact) mass is 322 g/mol. The maximum Gasteiger partial charge on any atom is 0.0576 e. The lowest BCUT2D eigenvalue weighted by atomic mass is 9.87. The third-order valence-corrected chi connectivity index (χ3v) is 2.82. The van der Waals surface area contributed by atoms with Crippen LogP contribution in [0.4, 0.5) is 5.69 Å². The van der Waals surface area contributed by atoms with Gasteiger partial charge in [0.2, 0.25) is 0 Å². The van der Waals surface area contributed by atoms with Gasteiger partial charge in [0, 0.05) is 11.8 Å². The number of aromatic nitrogens is 1. The molecule has 23 heavy (non-hydrogen) atoms. The maximum absolute atomic E-state index is 8.52. The molecule has 1 aliphatic carbocycles. The van der Waals surface area contributed by atoms with E-state index in [1.807, 2.05) is 40.0 Å². The predicted molar refractivity (Wildman–Crippen MR) is 104 cm³/mol. The summed E-state index contributed by atoms with van der Waals surface area (Å²) in [7, 11) is 0. The van der Waals surface area contributed by atoms with E-state index in [1.54, 1.807) is 27.0 Å². The number of nitrogens with two attached hydrogens (primary N) is 1. The van der Waals surface area contributed by atoms with E-state index >= 15 is 0 Å². The summed E-state index contributed by atoms with van der Waals surface area (Å²) in [4.78, 5) is 4.01. The molecule has 0 saturated carbocycles. The molecule has 0 amide bonds. The largest absolute Gasteiger partial charge is 0.397 e. The Morgan fingerprint density at radius 3 is 2.13 bits per heavy atom. The first kappa shape index (κ1) is 23.9. The normalized spacial score (nSPS) is 16.4. The molecule has 0 radical (unpaired) electrons. The van der Waals surface area contributed by atoms with Crippen LogP contribution < -0.4 is 5.73 Å². The van der Waals surface area contributed by atoms with E-state index in [0.29, 0.717) is 0 Å². The van der Waals surface area contributed by atoms with Crippen molar-refractivity contribution >= 4 is 11.3 Å². The second kappa shape index (κ2) is 13.1. The smallest absolute Gasteiger partial charge is 0.0576 e. The van der Waals surface area contributed by atoms with E-state index in [1.165, 1.54) is 24.0 Å². The number of pyridine rings is 1. The molecule has 1 aliphatic rings. The van der Waals surface area contributed by atoms with Crippen LogP contribution in [0.25, 0.3) is 5.57 Å². The average Bonchev–Trinajstić information content (AvgIpc) is 2.50. The van der Waals surface area contributed by atoms with Gasteiger partial charge in [0.25, 0.3) is 0 Å². The molecule has 0 saturated heterocycles. The van der Waals surface area contributed by atoms with Gasteiger partial charge in [0.15, 0.2) is 0 Å². The van der Waals surface area contributed by atoms with Gasteiger partial charge in [-0.1, -0.05) is 40.7 Å².